The minimum atomic E-state index is -0.876. The summed E-state index contributed by atoms with van der Waals surface area (Å²) in [5.74, 6) is -1.21. The molecule has 0 saturated heterocycles. The third kappa shape index (κ3) is 5.61. The van der Waals surface area contributed by atoms with Crippen LogP contribution in [0.3, 0.4) is 0 Å². The van der Waals surface area contributed by atoms with Crippen LogP contribution in [0, 0.1) is 13.8 Å². The first-order chi connectivity index (χ1) is 18.7. The lowest BCUT2D eigenvalue weighted by Crippen LogP contribution is -2.31. The number of ketones is 1. The fraction of sp³-hybridized carbons (Fsp3) is 0.192. The van der Waals surface area contributed by atoms with Crippen molar-refractivity contribution in [3.8, 4) is 0 Å². The highest BCUT2D eigenvalue weighted by Crippen LogP contribution is 2.45. The summed E-state index contributed by atoms with van der Waals surface area (Å²) >= 11 is 17.7. The topological polar surface area (TPSA) is 96.3 Å². The predicted molar refractivity (Wildman–Crippen MR) is 160 cm³/mol. The van der Waals surface area contributed by atoms with Gasteiger partial charge in [-0.3, -0.25) is 14.5 Å². The van der Waals surface area contributed by atoms with Gasteiger partial charge in [0.25, 0.3) is 5.91 Å². The number of aryl methyl sites for hydroxylation is 2. The van der Waals surface area contributed by atoms with Crippen LogP contribution in [-0.4, -0.2) is 38.2 Å². The molecule has 3 heterocycles. The number of Topliss-reactive ketones (excluding diaryl/α,β-unsaturated/α-hetero) is 1. The second-order valence-corrected chi connectivity index (χ2v) is 13.6. The van der Waals surface area contributed by atoms with Gasteiger partial charge in [-0.1, -0.05) is 64.5 Å². The number of carbonyl (C=O) groups is 2. The van der Waals surface area contributed by atoms with E-state index in [1.165, 1.54) is 39.3 Å². The van der Waals surface area contributed by atoms with Crippen LogP contribution < -0.4 is 4.90 Å². The molecule has 0 spiro atoms. The fourth-order valence-corrected chi connectivity index (χ4v) is 7.85. The number of nitrogens with zero attached hydrogens (tertiary/aromatic N) is 4. The number of thioether (sulfide) groups is 2. The Hall–Kier alpha value is -2.41. The summed E-state index contributed by atoms with van der Waals surface area (Å²) in [5.41, 5.74) is 2.11. The number of aromatic nitrogens is 3. The summed E-state index contributed by atoms with van der Waals surface area (Å²) in [4.78, 5) is 34.3. The van der Waals surface area contributed by atoms with Crippen LogP contribution in [0.1, 0.15) is 37.5 Å². The zero-order chi connectivity index (χ0) is 27.8. The van der Waals surface area contributed by atoms with E-state index in [0.29, 0.717) is 36.3 Å². The van der Waals surface area contributed by atoms with Gasteiger partial charge in [0.15, 0.2) is 10.1 Å². The molecule has 200 valence electrons. The highest BCUT2D eigenvalue weighted by atomic mass is 35.5. The molecule has 0 aliphatic carbocycles. The molecule has 0 radical (unpaired) electrons. The Morgan fingerprint density at radius 3 is 2.49 bits per heavy atom. The SMILES string of the molecule is CSc1ccc(C2C(C(=O)c3sc(C)nc3C)=C(O)C(=O)N2c2nnc(SCc3ccc(Cl)cc3Cl)s2)cc1. The molecule has 5 rings (SSSR count). The van der Waals surface area contributed by atoms with Crippen molar-refractivity contribution in [1.29, 1.82) is 0 Å². The van der Waals surface area contributed by atoms with Crippen LogP contribution >= 0.6 is 69.4 Å². The molecular formula is C26H20Cl2N4O3S4. The maximum Gasteiger partial charge on any atom is 0.296 e. The minimum Gasteiger partial charge on any atom is -0.503 e. The van der Waals surface area contributed by atoms with Crippen molar-refractivity contribution in [2.75, 3.05) is 11.2 Å². The number of benzene rings is 2. The van der Waals surface area contributed by atoms with Crippen LogP contribution in [0.15, 0.2) is 63.0 Å². The highest BCUT2D eigenvalue weighted by Gasteiger charge is 2.46. The highest BCUT2D eigenvalue weighted by molar-refractivity contribution is 8.00. The molecule has 4 aromatic rings. The van der Waals surface area contributed by atoms with Crippen LogP contribution in [0.4, 0.5) is 5.13 Å². The molecule has 1 aliphatic heterocycles. The number of thiazole rings is 1. The number of aliphatic hydroxyl groups excluding tert-OH is 1. The Kier molecular flexibility index (Phi) is 8.37. The molecule has 2 aromatic heterocycles. The second kappa shape index (κ2) is 11.6. The lowest BCUT2D eigenvalue weighted by atomic mass is 9.95. The van der Waals surface area contributed by atoms with Crippen LogP contribution in [0.2, 0.25) is 10.0 Å². The molecular weight excluding hydrogens is 615 g/mol. The summed E-state index contributed by atoms with van der Waals surface area (Å²) in [7, 11) is 0. The van der Waals surface area contributed by atoms with Gasteiger partial charge >= 0.3 is 0 Å². The molecule has 1 aliphatic rings. The van der Waals surface area contributed by atoms with Crippen molar-refractivity contribution in [3.05, 3.63) is 90.5 Å². The van der Waals surface area contributed by atoms with Crippen LogP contribution in [-0.2, 0) is 10.5 Å². The number of halogens is 2. The first kappa shape index (κ1) is 28.1. The van der Waals surface area contributed by atoms with Gasteiger partial charge in [-0.25, -0.2) is 4.98 Å². The van der Waals surface area contributed by atoms with E-state index in [2.05, 4.69) is 15.2 Å². The number of hydrogen-bond acceptors (Lipinski definition) is 10. The number of amides is 1. The molecule has 2 aromatic carbocycles. The van der Waals surface area contributed by atoms with Gasteiger partial charge in [0.2, 0.25) is 10.9 Å². The summed E-state index contributed by atoms with van der Waals surface area (Å²) in [5, 5.41) is 21.7. The average molecular weight is 636 g/mol. The van der Waals surface area contributed by atoms with E-state index in [9.17, 15) is 14.7 Å². The quantitative estimate of drug-likeness (QED) is 0.120. The van der Waals surface area contributed by atoms with E-state index in [0.717, 1.165) is 15.5 Å². The monoisotopic (exact) mass is 634 g/mol. The fourth-order valence-electron chi connectivity index (χ4n) is 4.14. The zero-order valence-corrected chi connectivity index (χ0v) is 25.5. The number of anilines is 1. The standard InChI is InChI=1S/C26H20Cl2N4O3S4/c1-12-23(38-13(2)29-12)21(33)19-20(14-5-8-17(36-3)9-6-14)32(24(35)22(19)34)25-30-31-26(39-25)37-11-15-4-7-16(27)10-18(15)28/h4-10,20,34H,11H2,1-3H3. The molecule has 0 fully saturated rings. The van der Waals surface area contributed by atoms with Crippen molar-refractivity contribution in [2.24, 2.45) is 0 Å². The smallest absolute Gasteiger partial charge is 0.296 e. The van der Waals surface area contributed by atoms with Crippen molar-refractivity contribution in [2.45, 2.75) is 34.9 Å². The van der Waals surface area contributed by atoms with Gasteiger partial charge in [0.1, 0.15) is 0 Å². The second-order valence-electron chi connectivity index (χ2n) is 8.46. The Labute approximate surface area is 251 Å². The third-order valence-corrected chi connectivity index (χ3v) is 10.5. The van der Waals surface area contributed by atoms with Crippen LogP contribution in [0.25, 0.3) is 0 Å². The molecule has 13 heteroatoms. The summed E-state index contributed by atoms with van der Waals surface area (Å²) in [6, 6.07) is 12.0. The van der Waals surface area contributed by atoms with E-state index in [1.807, 2.05) is 43.5 Å². The van der Waals surface area contributed by atoms with Gasteiger partial charge in [0, 0.05) is 20.7 Å². The molecule has 1 atom stereocenters. The first-order valence-corrected chi connectivity index (χ1v) is 16.1. The van der Waals surface area contributed by atoms with Gasteiger partial charge < -0.3 is 5.11 Å². The van der Waals surface area contributed by atoms with Crippen molar-refractivity contribution >= 4 is 86.2 Å². The Morgan fingerprint density at radius 2 is 1.85 bits per heavy atom. The average Bonchev–Trinajstić information content (AvgIpc) is 3.59. The van der Waals surface area contributed by atoms with Gasteiger partial charge in [-0.15, -0.1) is 33.3 Å². The van der Waals surface area contributed by atoms with Crippen LogP contribution in [0.5, 0.6) is 0 Å². The lowest BCUT2D eigenvalue weighted by Gasteiger charge is -2.24. The van der Waals surface area contributed by atoms with Gasteiger partial charge in [-0.2, -0.15) is 0 Å². The third-order valence-electron chi connectivity index (χ3n) is 5.96. The van der Waals surface area contributed by atoms with E-state index in [4.69, 9.17) is 23.2 Å². The predicted octanol–water partition coefficient (Wildman–Crippen LogP) is 7.72. The first-order valence-electron chi connectivity index (χ1n) is 11.5. The number of rotatable bonds is 8. The largest absolute Gasteiger partial charge is 0.503 e. The summed E-state index contributed by atoms with van der Waals surface area (Å²) in [6.45, 7) is 3.55. The van der Waals surface area contributed by atoms with Gasteiger partial charge in [0.05, 0.1) is 27.2 Å². The Bertz CT molecular complexity index is 1620. The molecule has 7 nitrogen and oxygen atoms in total. The molecule has 0 bridgehead atoms. The lowest BCUT2D eigenvalue weighted by molar-refractivity contribution is -0.117. The van der Waals surface area contributed by atoms with E-state index < -0.39 is 23.5 Å². The van der Waals surface area contributed by atoms with E-state index in [-0.39, 0.29) is 10.7 Å². The zero-order valence-electron chi connectivity index (χ0n) is 20.8. The number of carbonyl (C=O) groups excluding carboxylic acids is 2. The summed E-state index contributed by atoms with van der Waals surface area (Å²) < 4.78 is 0.605. The Balaban J connectivity index is 1.50. The molecule has 39 heavy (non-hydrogen) atoms. The van der Waals surface area contributed by atoms with Crippen molar-refractivity contribution in [3.63, 3.8) is 0 Å². The summed E-state index contributed by atoms with van der Waals surface area (Å²) in [6.07, 6.45) is 1.97. The Morgan fingerprint density at radius 1 is 1.10 bits per heavy atom. The van der Waals surface area contributed by atoms with E-state index in [1.54, 1.807) is 30.8 Å². The normalized spacial score (nSPS) is 15.5. The number of hydrogen-bond donors (Lipinski definition) is 1. The maximum absolute atomic E-state index is 13.8. The maximum atomic E-state index is 13.8. The molecule has 0 saturated carbocycles. The van der Waals surface area contributed by atoms with E-state index >= 15 is 0 Å². The van der Waals surface area contributed by atoms with Crippen molar-refractivity contribution < 1.29 is 14.7 Å². The molecule has 1 amide bonds. The van der Waals surface area contributed by atoms with Crippen molar-refractivity contribution in [1.82, 2.24) is 15.2 Å². The van der Waals surface area contributed by atoms with Gasteiger partial charge in [-0.05, 0) is 55.5 Å². The number of aliphatic hydroxyl groups is 1. The molecule has 1 unspecified atom stereocenters. The minimum absolute atomic E-state index is 0.000927. The molecule has 1 N–H and O–H groups in total.